The summed E-state index contributed by atoms with van der Waals surface area (Å²) in [4.78, 5) is 21.3. The highest BCUT2D eigenvalue weighted by Gasteiger charge is 2.27. The molecule has 0 fully saturated rings. The first-order valence-electron chi connectivity index (χ1n) is 10.5. The molecule has 0 radical (unpaired) electrons. The molecule has 1 aliphatic heterocycles. The monoisotopic (exact) mass is 433 g/mol. The zero-order chi connectivity index (χ0) is 21.4. The predicted molar refractivity (Wildman–Crippen MR) is 123 cm³/mol. The maximum Gasteiger partial charge on any atom is 0.281 e. The van der Waals surface area contributed by atoms with Crippen molar-refractivity contribution in [3.63, 3.8) is 0 Å². The number of benzene rings is 2. The molecule has 6 nitrogen and oxygen atoms in total. The number of nitrogens with two attached hydrogens (primary N) is 1. The van der Waals surface area contributed by atoms with Gasteiger partial charge in [0.1, 0.15) is 30.3 Å². The van der Waals surface area contributed by atoms with Crippen LogP contribution in [0.15, 0.2) is 59.4 Å². The number of rotatable bonds is 5. The van der Waals surface area contributed by atoms with Crippen molar-refractivity contribution in [3.05, 3.63) is 92.3 Å². The average Bonchev–Trinajstić information content (AvgIpc) is 3.14. The van der Waals surface area contributed by atoms with Crippen molar-refractivity contribution < 1.29 is 9.64 Å². The van der Waals surface area contributed by atoms with Crippen molar-refractivity contribution in [1.29, 1.82) is 0 Å². The smallest absolute Gasteiger partial charge is 0.281 e. The molecular weight excluding hydrogens is 408 g/mol. The molecule has 0 aliphatic carbocycles. The number of aromatic nitrogens is 2. The van der Waals surface area contributed by atoms with E-state index in [-0.39, 0.29) is 12.2 Å². The van der Waals surface area contributed by atoms with Crippen LogP contribution in [-0.4, -0.2) is 16.2 Å². The van der Waals surface area contributed by atoms with Gasteiger partial charge in [-0.2, -0.15) is 0 Å². The van der Waals surface area contributed by atoms with Crippen LogP contribution in [0.1, 0.15) is 27.4 Å². The molecule has 2 aromatic heterocycles. The van der Waals surface area contributed by atoms with Gasteiger partial charge < -0.3 is 15.5 Å². The molecule has 0 spiro atoms. The Balaban J connectivity index is 1.40. The highest BCUT2D eigenvalue weighted by atomic mass is 32.1. The Kier molecular flexibility index (Phi) is 5.21. The van der Waals surface area contributed by atoms with E-state index >= 15 is 0 Å². The Hall–Kier alpha value is -3.16. The van der Waals surface area contributed by atoms with Crippen LogP contribution in [0.3, 0.4) is 0 Å². The summed E-state index contributed by atoms with van der Waals surface area (Å²) in [5, 5.41) is 0.681. The van der Waals surface area contributed by atoms with Crippen LogP contribution < -0.4 is 21.0 Å². The second-order valence-corrected chi connectivity index (χ2v) is 9.16. The first-order chi connectivity index (χ1) is 15.1. The SMILES string of the molecule is Cc1ccc(OCc2nc3sc4c(c3c(=O)n2N)CC[NH+](Cc2ccccc2)C4)cc1. The molecule has 5 rings (SSSR count). The minimum absolute atomic E-state index is 0.151. The summed E-state index contributed by atoms with van der Waals surface area (Å²) < 4.78 is 6.96. The summed E-state index contributed by atoms with van der Waals surface area (Å²) in [6.45, 7) is 5.07. The third-order valence-electron chi connectivity index (χ3n) is 5.84. The van der Waals surface area contributed by atoms with Crippen LogP contribution in [0.25, 0.3) is 10.2 Å². The van der Waals surface area contributed by atoms with Crippen LogP contribution >= 0.6 is 11.3 Å². The van der Waals surface area contributed by atoms with Gasteiger partial charge in [-0.15, -0.1) is 11.3 Å². The number of hydrogen-bond donors (Lipinski definition) is 2. The number of ether oxygens (including phenoxy) is 1. The minimum Gasteiger partial charge on any atom is -0.486 e. The van der Waals surface area contributed by atoms with Crippen LogP contribution in [0, 0.1) is 6.92 Å². The summed E-state index contributed by atoms with van der Waals surface area (Å²) in [6.07, 6.45) is 0.869. The largest absolute Gasteiger partial charge is 0.486 e. The zero-order valence-electron chi connectivity index (χ0n) is 17.4. The molecule has 2 aromatic carbocycles. The lowest BCUT2D eigenvalue weighted by Gasteiger charge is -2.23. The van der Waals surface area contributed by atoms with Crippen LogP contribution in [0.5, 0.6) is 5.75 Å². The molecule has 3 heterocycles. The third kappa shape index (κ3) is 3.94. The number of nitrogens with zero attached hydrogens (tertiary/aromatic N) is 2. The topological polar surface area (TPSA) is 74.6 Å². The van der Waals surface area contributed by atoms with E-state index in [1.165, 1.54) is 15.3 Å². The van der Waals surface area contributed by atoms with Crippen molar-refractivity contribution in [2.24, 2.45) is 0 Å². The fraction of sp³-hybridized carbons (Fsp3) is 0.250. The predicted octanol–water partition coefficient (Wildman–Crippen LogP) is 2.20. The number of nitrogens with one attached hydrogen (secondary N) is 1. The molecule has 0 amide bonds. The molecule has 0 bridgehead atoms. The Morgan fingerprint density at radius 2 is 1.94 bits per heavy atom. The number of aryl methyl sites for hydroxylation is 1. The van der Waals surface area contributed by atoms with E-state index in [9.17, 15) is 4.79 Å². The van der Waals surface area contributed by atoms with Crippen molar-refractivity contribution in [1.82, 2.24) is 9.66 Å². The van der Waals surface area contributed by atoms with Gasteiger partial charge in [-0.25, -0.2) is 9.66 Å². The fourth-order valence-electron chi connectivity index (χ4n) is 4.15. The van der Waals surface area contributed by atoms with E-state index in [1.54, 1.807) is 11.3 Å². The van der Waals surface area contributed by atoms with Gasteiger partial charge >= 0.3 is 0 Å². The van der Waals surface area contributed by atoms with Gasteiger partial charge in [-0.05, 0) is 24.6 Å². The van der Waals surface area contributed by atoms with E-state index in [0.717, 1.165) is 52.4 Å². The highest BCUT2D eigenvalue weighted by molar-refractivity contribution is 7.18. The van der Waals surface area contributed by atoms with Gasteiger partial charge in [0.2, 0.25) is 0 Å². The fourth-order valence-corrected chi connectivity index (χ4v) is 5.45. The number of quaternary nitrogens is 1. The number of fused-ring (bicyclic) bond motifs is 3. The third-order valence-corrected chi connectivity index (χ3v) is 6.96. The van der Waals surface area contributed by atoms with E-state index < -0.39 is 0 Å². The van der Waals surface area contributed by atoms with E-state index in [4.69, 9.17) is 15.6 Å². The van der Waals surface area contributed by atoms with Crippen molar-refractivity contribution >= 4 is 21.6 Å². The van der Waals surface area contributed by atoms with Crippen molar-refractivity contribution in [2.45, 2.75) is 33.0 Å². The summed E-state index contributed by atoms with van der Waals surface area (Å²) >= 11 is 1.62. The van der Waals surface area contributed by atoms with Crippen LogP contribution in [0.4, 0.5) is 0 Å². The Morgan fingerprint density at radius 1 is 1.16 bits per heavy atom. The lowest BCUT2D eigenvalue weighted by Crippen LogP contribution is -3.10. The number of hydrogen-bond acceptors (Lipinski definition) is 5. The molecule has 31 heavy (non-hydrogen) atoms. The Morgan fingerprint density at radius 3 is 2.71 bits per heavy atom. The lowest BCUT2D eigenvalue weighted by molar-refractivity contribution is -0.929. The molecule has 0 saturated heterocycles. The van der Waals surface area contributed by atoms with Crippen molar-refractivity contribution in [3.8, 4) is 5.75 Å². The molecule has 0 saturated carbocycles. The van der Waals surface area contributed by atoms with Gasteiger partial charge in [-0.1, -0.05) is 48.0 Å². The van der Waals surface area contributed by atoms with E-state index in [2.05, 4.69) is 24.3 Å². The molecule has 4 aromatic rings. The van der Waals surface area contributed by atoms with Crippen LogP contribution in [0.2, 0.25) is 0 Å². The molecule has 158 valence electrons. The summed E-state index contributed by atoms with van der Waals surface area (Å²) in [5.74, 6) is 7.28. The van der Waals surface area contributed by atoms with Crippen LogP contribution in [-0.2, 0) is 26.1 Å². The van der Waals surface area contributed by atoms with Gasteiger partial charge in [0.25, 0.3) is 5.56 Å². The standard InChI is InChI=1S/C24H24N4O2S/c1-16-7-9-18(10-8-16)30-15-21-26-23-22(24(29)28(21)25)19-11-12-27(14-20(19)31-23)13-17-5-3-2-4-6-17/h2-10H,11-15,25H2,1H3/p+1. The lowest BCUT2D eigenvalue weighted by atomic mass is 10.0. The first-order valence-corrected chi connectivity index (χ1v) is 11.3. The molecule has 1 atom stereocenters. The Labute approximate surface area is 184 Å². The molecule has 7 heteroatoms. The normalized spacial score (nSPS) is 15.7. The molecular formula is C24H25N4O2S+. The van der Waals surface area contributed by atoms with Gasteiger partial charge in [0.15, 0.2) is 5.82 Å². The Bertz CT molecular complexity index is 1280. The number of thiophene rings is 1. The van der Waals surface area contributed by atoms with Crippen molar-refractivity contribution in [2.75, 3.05) is 12.4 Å². The highest BCUT2D eigenvalue weighted by Crippen LogP contribution is 2.29. The molecule has 3 N–H and O–H groups in total. The maximum absolute atomic E-state index is 13.1. The number of nitrogen functional groups attached to an aromatic ring is 1. The second kappa shape index (κ2) is 8.17. The molecule has 1 unspecified atom stereocenters. The first kappa shape index (κ1) is 19.8. The average molecular weight is 434 g/mol. The zero-order valence-corrected chi connectivity index (χ0v) is 18.2. The van der Waals surface area contributed by atoms with Gasteiger partial charge in [-0.3, -0.25) is 4.79 Å². The molecule has 1 aliphatic rings. The van der Waals surface area contributed by atoms with E-state index in [0.29, 0.717) is 11.2 Å². The summed E-state index contributed by atoms with van der Waals surface area (Å²) in [5.41, 5.74) is 3.44. The quantitative estimate of drug-likeness (QED) is 0.473. The maximum atomic E-state index is 13.1. The summed E-state index contributed by atoms with van der Waals surface area (Å²) in [6, 6.07) is 18.3. The second-order valence-electron chi connectivity index (χ2n) is 8.08. The van der Waals surface area contributed by atoms with Gasteiger partial charge in [0, 0.05) is 12.0 Å². The van der Waals surface area contributed by atoms with E-state index in [1.807, 2.05) is 37.3 Å². The minimum atomic E-state index is -0.184. The van der Waals surface area contributed by atoms with Gasteiger partial charge in [0.05, 0.1) is 16.8 Å². The summed E-state index contributed by atoms with van der Waals surface area (Å²) in [7, 11) is 0.